The van der Waals surface area contributed by atoms with E-state index in [0.29, 0.717) is 38.1 Å². The van der Waals surface area contributed by atoms with Crippen LogP contribution in [0.1, 0.15) is 183 Å². The number of hydrogen-bond acceptors (Lipinski definition) is 13. The van der Waals surface area contributed by atoms with Crippen molar-refractivity contribution in [1.82, 2.24) is 62.6 Å². The topological polar surface area (TPSA) is 311 Å². The summed E-state index contributed by atoms with van der Waals surface area (Å²) in [6, 6.07) is -5.36. The summed E-state index contributed by atoms with van der Waals surface area (Å²) in [5, 5.41) is 25.2. The number of rotatable bonds is 31. The molecular formula is C56H96N12O11. The second-order valence-corrected chi connectivity index (χ2v) is 24.9. The summed E-state index contributed by atoms with van der Waals surface area (Å²) in [6.45, 7) is 24.7. The number of aromatic nitrogens is 1. The van der Waals surface area contributed by atoms with E-state index in [4.69, 9.17) is 4.42 Å². The number of carbonyl (C=O) groups is 10. The lowest BCUT2D eigenvalue weighted by Gasteiger charge is -2.44. The molecule has 9 N–H and O–H groups in total. The molecule has 0 unspecified atom stereocenters. The Kier molecular flexibility index (Phi) is 25.0. The Balaban J connectivity index is 1.68. The minimum absolute atomic E-state index is 0.0463. The lowest BCUT2D eigenvalue weighted by Crippen LogP contribution is -2.65. The molecule has 0 radical (unpaired) electrons. The van der Waals surface area contributed by atoms with Crippen LogP contribution < -0.4 is 47.9 Å². The van der Waals surface area contributed by atoms with Crippen LogP contribution in [-0.2, 0) is 43.2 Å². The molecule has 0 aromatic carbocycles. The summed E-state index contributed by atoms with van der Waals surface area (Å²) in [7, 11) is 3.91. The van der Waals surface area contributed by atoms with Crippen molar-refractivity contribution in [3.63, 3.8) is 0 Å². The standard InChI is InChI=1S/C56H96N12O11/c1-17-18-21-37(59-48(74)42-22-19-27-68(42)49(75)41-31-79-36(8)58-41)44(70)60-39(29-34(4)5)46(72)64-54(11,12)51(77)62-38(28-33(2)3)45(71)61-40(30-35(6)7)47(73)65-55(13,14)52(78)66-53(9,10)50(76)57-26-23-43(69)63-56(24-20-25-56)32-67(15)16/h31,33-35,37-40,42H,17-30,32H2,1-16H3,(H,57,76)(H,59,74)(H,60,70)(H,61,71)(H,62,77)(H,63,69)(H,64,72)(H,65,73)(H,66,78)/t37-,38-,39-,40-,42-/m0/s1. The average Bonchev–Trinajstić information content (AvgIpc) is 4.00. The first-order valence-electron chi connectivity index (χ1n) is 28.3. The van der Waals surface area contributed by atoms with Gasteiger partial charge < -0.3 is 62.1 Å². The Bertz CT molecular complexity index is 2300. The predicted molar refractivity (Wildman–Crippen MR) is 298 cm³/mol. The molecule has 0 bridgehead atoms. The molecule has 23 heteroatoms. The van der Waals surface area contributed by atoms with E-state index in [-0.39, 0.29) is 73.5 Å². The molecule has 1 saturated carbocycles. The SMILES string of the molecule is CCCC[C@H](NC(=O)[C@@H]1CCCN1C(=O)c1coc(C)n1)C(=O)N[C@@H](CC(C)C)C(=O)NC(C)(C)C(=O)N[C@@H](CC(C)C)C(=O)N[C@@H](CC(C)C)C(=O)NC(C)(C)C(=O)NC(C)(C)C(=O)NCCC(=O)NC1(CN(C)C)CCC1. The molecular weight excluding hydrogens is 1020 g/mol. The molecule has 1 aromatic rings. The van der Waals surface area contributed by atoms with Crippen LogP contribution in [0.2, 0.25) is 0 Å². The van der Waals surface area contributed by atoms with Crippen LogP contribution in [0, 0.1) is 24.7 Å². The summed E-state index contributed by atoms with van der Waals surface area (Å²) in [4.78, 5) is 145. The predicted octanol–water partition coefficient (Wildman–Crippen LogP) is 2.65. The fraction of sp³-hybridized carbons (Fsp3) is 0.768. The molecule has 23 nitrogen and oxygen atoms in total. The number of unbranched alkanes of at least 4 members (excludes halogenated alkanes) is 1. The highest BCUT2D eigenvalue weighted by Crippen LogP contribution is 2.32. The number of hydrogen-bond donors (Lipinski definition) is 9. The number of aryl methyl sites for hydroxylation is 1. The largest absolute Gasteiger partial charge is 0.448 e. The summed E-state index contributed by atoms with van der Waals surface area (Å²) < 4.78 is 5.21. The van der Waals surface area contributed by atoms with Gasteiger partial charge in [-0.15, -0.1) is 0 Å². The number of carbonyl (C=O) groups excluding carboxylic acids is 10. The highest BCUT2D eigenvalue weighted by atomic mass is 16.3. The molecule has 2 heterocycles. The Labute approximate surface area is 468 Å². The molecule has 10 amide bonds. The zero-order chi connectivity index (χ0) is 59.8. The number of likely N-dealkylation sites (tertiary alicyclic amines) is 1. The molecule has 1 aromatic heterocycles. The van der Waals surface area contributed by atoms with Gasteiger partial charge >= 0.3 is 0 Å². The van der Waals surface area contributed by atoms with Crippen molar-refractivity contribution in [1.29, 1.82) is 0 Å². The highest BCUT2D eigenvalue weighted by molar-refractivity contribution is 6.00. The fourth-order valence-corrected chi connectivity index (χ4v) is 9.63. The summed E-state index contributed by atoms with van der Waals surface area (Å²) in [6.07, 6.45) is 7.07. The maximum Gasteiger partial charge on any atom is 0.276 e. The van der Waals surface area contributed by atoms with Gasteiger partial charge in [0.15, 0.2) is 11.6 Å². The van der Waals surface area contributed by atoms with E-state index in [1.807, 2.05) is 67.5 Å². The maximum atomic E-state index is 14.2. The first kappa shape index (κ1) is 67.1. The van der Waals surface area contributed by atoms with Gasteiger partial charge in [-0.1, -0.05) is 61.3 Å². The van der Waals surface area contributed by atoms with Crippen molar-refractivity contribution in [2.75, 3.05) is 33.7 Å². The van der Waals surface area contributed by atoms with E-state index in [0.717, 1.165) is 25.8 Å². The molecule has 79 heavy (non-hydrogen) atoms. The zero-order valence-electron chi connectivity index (χ0n) is 50.1. The van der Waals surface area contributed by atoms with Crippen LogP contribution in [-0.4, -0.2) is 160 Å². The van der Waals surface area contributed by atoms with Crippen LogP contribution in [0.3, 0.4) is 0 Å². The van der Waals surface area contributed by atoms with Gasteiger partial charge in [0.25, 0.3) is 5.91 Å². The fourth-order valence-electron chi connectivity index (χ4n) is 9.63. The minimum Gasteiger partial charge on any atom is -0.448 e. The monoisotopic (exact) mass is 1110 g/mol. The lowest BCUT2D eigenvalue weighted by molar-refractivity contribution is -0.139. The molecule has 2 aliphatic rings. The first-order valence-corrected chi connectivity index (χ1v) is 28.3. The normalized spacial score (nSPS) is 17.0. The number of likely N-dealkylation sites (N-methyl/N-ethyl adjacent to an activating group) is 1. The van der Waals surface area contributed by atoms with Crippen molar-refractivity contribution >= 4 is 59.1 Å². The minimum atomic E-state index is -1.64. The van der Waals surface area contributed by atoms with Crippen molar-refractivity contribution in [2.45, 2.75) is 226 Å². The summed E-state index contributed by atoms with van der Waals surface area (Å²) >= 11 is 0. The number of nitrogens with one attached hydrogen (secondary N) is 9. The van der Waals surface area contributed by atoms with Crippen molar-refractivity contribution in [2.24, 2.45) is 17.8 Å². The van der Waals surface area contributed by atoms with Crippen LogP contribution in [0.25, 0.3) is 0 Å². The van der Waals surface area contributed by atoms with E-state index in [9.17, 15) is 47.9 Å². The van der Waals surface area contributed by atoms with Gasteiger partial charge in [0.1, 0.15) is 53.1 Å². The van der Waals surface area contributed by atoms with E-state index in [1.54, 1.807) is 6.92 Å². The number of nitrogens with zero attached hydrogens (tertiary/aromatic N) is 3. The lowest BCUT2D eigenvalue weighted by atomic mass is 9.76. The smallest absolute Gasteiger partial charge is 0.276 e. The average molecular weight is 1110 g/mol. The molecule has 0 spiro atoms. The summed E-state index contributed by atoms with van der Waals surface area (Å²) in [5.41, 5.74) is -4.86. The van der Waals surface area contributed by atoms with Crippen molar-refractivity contribution < 1.29 is 52.4 Å². The third-order valence-corrected chi connectivity index (χ3v) is 14.1. The van der Waals surface area contributed by atoms with Crippen LogP contribution in [0.5, 0.6) is 0 Å². The molecule has 1 aliphatic heterocycles. The summed E-state index contributed by atoms with van der Waals surface area (Å²) in [5.74, 6) is -5.76. The van der Waals surface area contributed by atoms with E-state index >= 15 is 0 Å². The molecule has 1 aliphatic carbocycles. The molecule has 5 atom stereocenters. The Morgan fingerprint density at radius 3 is 1.66 bits per heavy atom. The third-order valence-electron chi connectivity index (χ3n) is 14.1. The Hall–Kier alpha value is -6.13. The second-order valence-electron chi connectivity index (χ2n) is 24.9. The highest BCUT2D eigenvalue weighted by Gasteiger charge is 2.43. The van der Waals surface area contributed by atoms with Gasteiger partial charge in [-0.3, -0.25) is 47.9 Å². The molecule has 446 valence electrons. The van der Waals surface area contributed by atoms with E-state index in [2.05, 4.69) is 52.8 Å². The van der Waals surface area contributed by atoms with Gasteiger partial charge in [0, 0.05) is 33.0 Å². The molecule has 3 rings (SSSR count). The molecule has 2 fully saturated rings. The van der Waals surface area contributed by atoms with Gasteiger partial charge in [-0.2, -0.15) is 0 Å². The van der Waals surface area contributed by atoms with Crippen LogP contribution in [0.15, 0.2) is 10.7 Å². The van der Waals surface area contributed by atoms with Crippen molar-refractivity contribution in [3.8, 4) is 0 Å². The number of amides is 10. The van der Waals surface area contributed by atoms with E-state index in [1.165, 1.54) is 52.7 Å². The van der Waals surface area contributed by atoms with Gasteiger partial charge in [-0.25, -0.2) is 4.98 Å². The van der Waals surface area contributed by atoms with Crippen molar-refractivity contribution in [3.05, 3.63) is 17.8 Å². The maximum absolute atomic E-state index is 14.2. The van der Waals surface area contributed by atoms with Gasteiger partial charge in [0.2, 0.25) is 53.2 Å². The molecule has 1 saturated heterocycles. The van der Waals surface area contributed by atoms with Gasteiger partial charge in [-0.05, 0) is 131 Å². The van der Waals surface area contributed by atoms with Gasteiger partial charge in [0.05, 0.1) is 5.54 Å². The Morgan fingerprint density at radius 2 is 1.19 bits per heavy atom. The van der Waals surface area contributed by atoms with Crippen LogP contribution in [0.4, 0.5) is 0 Å². The third kappa shape index (κ3) is 20.8. The Morgan fingerprint density at radius 1 is 0.684 bits per heavy atom. The van der Waals surface area contributed by atoms with Crippen LogP contribution >= 0.6 is 0 Å². The quantitative estimate of drug-likeness (QED) is 0.0517. The first-order chi connectivity index (χ1) is 36.6. The zero-order valence-corrected chi connectivity index (χ0v) is 50.1. The number of oxazole rings is 1. The van der Waals surface area contributed by atoms with E-state index < -0.39 is 100.0 Å². The second kappa shape index (κ2) is 29.4.